The molecule has 1 saturated heterocycles. The molecule has 1 aliphatic rings. The van der Waals surface area contributed by atoms with Crippen molar-refractivity contribution < 1.29 is 13.2 Å². The largest absolute Gasteiger partial charge is 0.322 e. The Hall–Kier alpha value is -3.16. The van der Waals surface area contributed by atoms with Gasteiger partial charge >= 0.3 is 0 Å². The monoisotopic (exact) mass is 491 g/mol. The highest BCUT2D eigenvalue weighted by molar-refractivity contribution is 7.92. The molecule has 3 aromatic carbocycles. The molecule has 0 saturated carbocycles. The predicted molar refractivity (Wildman–Crippen MR) is 141 cm³/mol. The number of carbonyl (C=O) groups excluding carboxylic acids is 1. The van der Waals surface area contributed by atoms with Crippen LogP contribution in [0.15, 0.2) is 71.6 Å². The molecule has 3 aromatic rings. The van der Waals surface area contributed by atoms with Crippen LogP contribution in [0, 0.1) is 19.8 Å². The summed E-state index contributed by atoms with van der Waals surface area (Å²) >= 11 is 0. The molecule has 0 bridgehead atoms. The van der Waals surface area contributed by atoms with E-state index in [-0.39, 0.29) is 10.8 Å². The molecule has 0 spiro atoms. The van der Waals surface area contributed by atoms with Crippen molar-refractivity contribution in [1.82, 2.24) is 4.90 Å². The Bertz CT molecular complexity index is 1280. The third-order valence-electron chi connectivity index (χ3n) is 6.68. The lowest BCUT2D eigenvalue weighted by Gasteiger charge is -2.30. The highest BCUT2D eigenvalue weighted by atomic mass is 32.2. The molecule has 0 aliphatic carbocycles. The van der Waals surface area contributed by atoms with Gasteiger partial charge in [0.15, 0.2) is 0 Å². The summed E-state index contributed by atoms with van der Waals surface area (Å²) in [6, 6.07) is 19.3. The molecule has 2 N–H and O–H groups in total. The van der Waals surface area contributed by atoms with Crippen LogP contribution in [0.1, 0.15) is 46.8 Å². The van der Waals surface area contributed by atoms with Crippen LogP contribution in [-0.4, -0.2) is 32.3 Å². The van der Waals surface area contributed by atoms with E-state index in [1.54, 1.807) is 24.3 Å². The number of carbonyl (C=O) groups is 1. The summed E-state index contributed by atoms with van der Waals surface area (Å²) in [5, 5.41) is 2.84. The van der Waals surface area contributed by atoms with Crippen molar-refractivity contribution in [3.63, 3.8) is 0 Å². The molecular formula is C28H33N3O3S. The van der Waals surface area contributed by atoms with Crippen molar-refractivity contribution in [3.8, 4) is 0 Å². The fourth-order valence-electron chi connectivity index (χ4n) is 4.18. The third-order valence-corrected chi connectivity index (χ3v) is 8.08. The van der Waals surface area contributed by atoms with E-state index in [2.05, 4.69) is 21.9 Å². The van der Waals surface area contributed by atoms with Gasteiger partial charge in [-0.15, -0.1) is 0 Å². The molecule has 0 atom stereocenters. The van der Waals surface area contributed by atoms with E-state index >= 15 is 0 Å². The van der Waals surface area contributed by atoms with E-state index in [1.165, 1.54) is 30.5 Å². The lowest BCUT2D eigenvalue weighted by molar-refractivity contribution is 0.102. The Balaban J connectivity index is 1.35. The van der Waals surface area contributed by atoms with Crippen LogP contribution in [-0.2, 0) is 16.6 Å². The summed E-state index contributed by atoms with van der Waals surface area (Å²) in [6.45, 7) is 9.36. The highest BCUT2D eigenvalue weighted by Crippen LogP contribution is 2.21. The first-order chi connectivity index (χ1) is 16.7. The number of likely N-dealkylation sites (tertiary alicyclic amines) is 1. The summed E-state index contributed by atoms with van der Waals surface area (Å²) in [5.41, 5.74) is 4.92. The molecule has 0 radical (unpaired) electrons. The van der Waals surface area contributed by atoms with Gasteiger partial charge in [-0.2, -0.15) is 0 Å². The van der Waals surface area contributed by atoms with Crippen molar-refractivity contribution in [2.45, 2.75) is 45.1 Å². The Morgan fingerprint density at radius 3 is 2.14 bits per heavy atom. The standard InChI is InChI=1S/C28H33N3O3S/c1-20-14-16-31(17-15-20)19-23-5-7-24(8-6-23)28(32)29-25-10-12-27(13-11-25)35(33,34)30-26-9-4-21(2)22(3)18-26/h4-13,18,20,30H,14-17,19H2,1-3H3,(H,29,32). The molecule has 184 valence electrons. The van der Waals surface area contributed by atoms with Gasteiger partial charge in [-0.3, -0.25) is 14.4 Å². The molecule has 1 fully saturated rings. The van der Waals surface area contributed by atoms with E-state index < -0.39 is 10.0 Å². The SMILES string of the molecule is Cc1ccc(NS(=O)(=O)c2ccc(NC(=O)c3ccc(CN4CCC(C)CC4)cc3)cc2)cc1C. The predicted octanol–water partition coefficient (Wildman–Crippen LogP) is 5.59. The average Bonchev–Trinajstić information content (AvgIpc) is 2.83. The first-order valence-corrected chi connectivity index (χ1v) is 13.5. The van der Waals surface area contributed by atoms with Gasteiger partial charge in [-0.25, -0.2) is 8.42 Å². The Morgan fingerprint density at radius 2 is 1.51 bits per heavy atom. The van der Waals surface area contributed by atoms with Gasteiger partial charge in [0.25, 0.3) is 15.9 Å². The molecule has 4 rings (SSSR count). The minimum atomic E-state index is -3.73. The summed E-state index contributed by atoms with van der Waals surface area (Å²) in [4.78, 5) is 15.3. The number of hydrogen-bond donors (Lipinski definition) is 2. The fraction of sp³-hybridized carbons (Fsp3) is 0.321. The van der Waals surface area contributed by atoms with E-state index in [0.717, 1.165) is 36.7 Å². The van der Waals surface area contributed by atoms with Crippen LogP contribution in [0.2, 0.25) is 0 Å². The number of hydrogen-bond acceptors (Lipinski definition) is 4. The summed E-state index contributed by atoms with van der Waals surface area (Å²) in [7, 11) is -3.73. The lowest BCUT2D eigenvalue weighted by Crippen LogP contribution is -2.32. The third kappa shape index (κ3) is 6.50. The van der Waals surface area contributed by atoms with Gasteiger partial charge in [0.1, 0.15) is 0 Å². The molecule has 0 unspecified atom stereocenters. The minimum absolute atomic E-state index is 0.130. The number of nitrogens with zero attached hydrogens (tertiary/aromatic N) is 1. The van der Waals surface area contributed by atoms with Crippen molar-refractivity contribution in [1.29, 1.82) is 0 Å². The molecule has 0 aromatic heterocycles. The zero-order valence-corrected chi connectivity index (χ0v) is 21.4. The van der Waals surface area contributed by atoms with E-state index in [1.807, 2.05) is 44.2 Å². The van der Waals surface area contributed by atoms with Crippen LogP contribution in [0.25, 0.3) is 0 Å². The van der Waals surface area contributed by atoms with Gasteiger partial charge in [0.2, 0.25) is 0 Å². The van der Waals surface area contributed by atoms with E-state index in [4.69, 9.17) is 0 Å². The highest BCUT2D eigenvalue weighted by Gasteiger charge is 2.17. The maximum absolute atomic E-state index is 12.7. The van der Waals surface area contributed by atoms with Crippen LogP contribution >= 0.6 is 0 Å². The number of rotatable bonds is 7. The lowest BCUT2D eigenvalue weighted by atomic mass is 9.99. The van der Waals surface area contributed by atoms with Gasteiger partial charge in [-0.1, -0.05) is 25.1 Å². The molecule has 6 nitrogen and oxygen atoms in total. The van der Waals surface area contributed by atoms with Crippen LogP contribution in [0.5, 0.6) is 0 Å². The maximum Gasteiger partial charge on any atom is 0.261 e. The number of piperidine rings is 1. The van der Waals surface area contributed by atoms with E-state index in [9.17, 15) is 13.2 Å². The Morgan fingerprint density at radius 1 is 0.886 bits per heavy atom. The number of aryl methyl sites for hydroxylation is 2. The second kappa shape index (κ2) is 10.6. The van der Waals surface area contributed by atoms with E-state index in [0.29, 0.717) is 16.9 Å². The minimum Gasteiger partial charge on any atom is -0.322 e. The van der Waals surface area contributed by atoms with Crippen LogP contribution < -0.4 is 10.0 Å². The molecular weight excluding hydrogens is 458 g/mol. The van der Waals surface area contributed by atoms with Gasteiger partial charge in [-0.05, 0) is 111 Å². The zero-order chi connectivity index (χ0) is 25.0. The maximum atomic E-state index is 12.7. The smallest absolute Gasteiger partial charge is 0.261 e. The average molecular weight is 492 g/mol. The zero-order valence-electron chi connectivity index (χ0n) is 20.5. The molecule has 7 heteroatoms. The first-order valence-electron chi connectivity index (χ1n) is 12.0. The van der Waals surface area contributed by atoms with Gasteiger partial charge in [0.05, 0.1) is 4.90 Å². The molecule has 1 heterocycles. The summed E-state index contributed by atoms with van der Waals surface area (Å²) in [6.07, 6.45) is 2.48. The quantitative estimate of drug-likeness (QED) is 0.452. The number of sulfonamides is 1. The normalized spacial score (nSPS) is 15.1. The summed E-state index contributed by atoms with van der Waals surface area (Å²) < 4.78 is 28.1. The number of benzene rings is 3. The van der Waals surface area contributed by atoms with Gasteiger partial charge < -0.3 is 5.32 Å². The number of nitrogens with one attached hydrogen (secondary N) is 2. The topological polar surface area (TPSA) is 78.5 Å². The molecule has 35 heavy (non-hydrogen) atoms. The Labute approximate surface area is 208 Å². The fourth-order valence-corrected chi connectivity index (χ4v) is 5.23. The van der Waals surface area contributed by atoms with Crippen LogP contribution in [0.3, 0.4) is 0 Å². The molecule has 1 amide bonds. The van der Waals surface area contributed by atoms with Crippen molar-refractivity contribution in [2.75, 3.05) is 23.1 Å². The van der Waals surface area contributed by atoms with Crippen molar-refractivity contribution >= 4 is 27.3 Å². The number of amides is 1. The van der Waals surface area contributed by atoms with Crippen molar-refractivity contribution in [2.24, 2.45) is 5.92 Å². The Kier molecular flexibility index (Phi) is 7.57. The van der Waals surface area contributed by atoms with Crippen molar-refractivity contribution in [3.05, 3.63) is 89.0 Å². The van der Waals surface area contributed by atoms with Gasteiger partial charge in [0, 0.05) is 23.5 Å². The van der Waals surface area contributed by atoms with Crippen LogP contribution in [0.4, 0.5) is 11.4 Å². The first kappa shape index (κ1) is 24.9. The summed E-state index contributed by atoms with van der Waals surface area (Å²) in [5.74, 6) is 0.576. The second-order valence-corrected chi connectivity index (χ2v) is 11.2. The second-order valence-electron chi connectivity index (χ2n) is 9.54. The number of anilines is 2. The molecule has 1 aliphatic heterocycles.